The van der Waals surface area contributed by atoms with Gasteiger partial charge in [-0.3, -0.25) is 4.79 Å². The first-order valence-corrected chi connectivity index (χ1v) is 5.96. The van der Waals surface area contributed by atoms with Crippen LogP contribution in [-0.2, 0) is 22.4 Å². The van der Waals surface area contributed by atoms with Gasteiger partial charge in [-0.25, -0.2) is 0 Å². The lowest BCUT2D eigenvalue weighted by Gasteiger charge is -2.10. The summed E-state index contributed by atoms with van der Waals surface area (Å²) in [6.07, 6.45) is 7.10. The molecule has 0 N–H and O–H groups in total. The fourth-order valence-electron chi connectivity index (χ4n) is 1.67. The van der Waals surface area contributed by atoms with E-state index in [2.05, 4.69) is 23.6 Å². The van der Waals surface area contributed by atoms with Gasteiger partial charge in [-0.1, -0.05) is 25.0 Å². The largest absolute Gasteiger partial charge is 0.481 e. The van der Waals surface area contributed by atoms with Crippen molar-refractivity contribution >= 4 is 5.97 Å². The number of rotatable bonds is 6. The Hall–Kier alpha value is -1.95. The van der Waals surface area contributed by atoms with Crippen LogP contribution in [0.5, 0.6) is 5.75 Å². The van der Waals surface area contributed by atoms with Crippen molar-refractivity contribution in [2.75, 3.05) is 13.7 Å². The van der Waals surface area contributed by atoms with Gasteiger partial charge >= 0.3 is 5.97 Å². The zero-order valence-electron chi connectivity index (χ0n) is 10.9. The molecule has 3 heteroatoms. The molecule has 96 valence electrons. The standard InChI is InChI=1S/C15H18O3/c1-4-10-18-14-8-6-12(11-13(14)5-2)7-9-15(16)17-3/h1,6,8,11H,5,7,9-10H2,2-3H3. The molecule has 1 aromatic carbocycles. The Morgan fingerprint density at radius 2 is 2.22 bits per heavy atom. The molecule has 0 atom stereocenters. The van der Waals surface area contributed by atoms with E-state index in [1.807, 2.05) is 12.1 Å². The van der Waals surface area contributed by atoms with Crippen LogP contribution in [0.3, 0.4) is 0 Å². The lowest BCUT2D eigenvalue weighted by molar-refractivity contribution is -0.140. The Kier molecular flexibility index (Phi) is 5.79. The molecule has 0 saturated heterocycles. The van der Waals surface area contributed by atoms with Crippen LogP contribution in [0, 0.1) is 12.3 Å². The van der Waals surface area contributed by atoms with Crippen molar-refractivity contribution in [1.82, 2.24) is 0 Å². The highest BCUT2D eigenvalue weighted by Gasteiger charge is 2.06. The highest BCUT2D eigenvalue weighted by molar-refractivity contribution is 5.69. The number of carbonyl (C=O) groups excluding carboxylic acids is 1. The van der Waals surface area contributed by atoms with Gasteiger partial charge in [0.1, 0.15) is 12.4 Å². The summed E-state index contributed by atoms with van der Waals surface area (Å²) in [6, 6.07) is 5.91. The highest BCUT2D eigenvalue weighted by atomic mass is 16.5. The number of hydrogen-bond acceptors (Lipinski definition) is 3. The lowest BCUT2D eigenvalue weighted by Crippen LogP contribution is -2.03. The second-order valence-corrected chi connectivity index (χ2v) is 3.86. The van der Waals surface area contributed by atoms with Gasteiger partial charge in [-0.05, 0) is 30.0 Å². The van der Waals surface area contributed by atoms with Crippen molar-refractivity contribution in [2.24, 2.45) is 0 Å². The van der Waals surface area contributed by atoms with Crippen LogP contribution in [0.1, 0.15) is 24.5 Å². The van der Waals surface area contributed by atoms with Gasteiger partial charge in [0.15, 0.2) is 0 Å². The van der Waals surface area contributed by atoms with E-state index in [-0.39, 0.29) is 12.6 Å². The molecule has 0 spiro atoms. The number of benzene rings is 1. The van der Waals surface area contributed by atoms with Crippen LogP contribution in [0.25, 0.3) is 0 Å². The number of esters is 1. The Morgan fingerprint density at radius 1 is 1.44 bits per heavy atom. The topological polar surface area (TPSA) is 35.5 Å². The second-order valence-electron chi connectivity index (χ2n) is 3.86. The predicted octanol–water partition coefficient (Wildman–Crippen LogP) is 2.37. The van der Waals surface area contributed by atoms with Crippen LogP contribution >= 0.6 is 0 Å². The van der Waals surface area contributed by atoms with E-state index in [0.717, 1.165) is 23.3 Å². The lowest BCUT2D eigenvalue weighted by atomic mass is 10.0. The summed E-state index contributed by atoms with van der Waals surface area (Å²) in [5, 5.41) is 0. The van der Waals surface area contributed by atoms with Crippen molar-refractivity contribution in [3.8, 4) is 18.1 Å². The summed E-state index contributed by atoms with van der Waals surface area (Å²) >= 11 is 0. The molecule has 0 heterocycles. The number of terminal acetylenes is 1. The third kappa shape index (κ3) is 4.14. The molecule has 0 bridgehead atoms. The smallest absolute Gasteiger partial charge is 0.305 e. The summed E-state index contributed by atoms with van der Waals surface area (Å²) in [5.41, 5.74) is 2.21. The summed E-state index contributed by atoms with van der Waals surface area (Å²) in [4.78, 5) is 11.1. The van der Waals surface area contributed by atoms with Gasteiger partial charge in [0.05, 0.1) is 7.11 Å². The maximum absolute atomic E-state index is 11.1. The summed E-state index contributed by atoms with van der Waals surface area (Å²) in [7, 11) is 1.40. The van der Waals surface area contributed by atoms with E-state index in [1.165, 1.54) is 7.11 Å². The van der Waals surface area contributed by atoms with E-state index in [9.17, 15) is 4.79 Å². The molecule has 0 aliphatic rings. The molecule has 0 amide bonds. The van der Waals surface area contributed by atoms with E-state index in [0.29, 0.717) is 12.8 Å². The monoisotopic (exact) mass is 246 g/mol. The van der Waals surface area contributed by atoms with Crippen LogP contribution < -0.4 is 4.74 Å². The molecule has 0 aliphatic carbocycles. The van der Waals surface area contributed by atoms with Gasteiger partial charge in [0.25, 0.3) is 0 Å². The molecule has 0 fully saturated rings. The Labute approximate surface area is 108 Å². The third-order valence-corrected chi connectivity index (χ3v) is 2.66. The first-order valence-electron chi connectivity index (χ1n) is 5.96. The van der Waals surface area contributed by atoms with Crippen LogP contribution in [0.4, 0.5) is 0 Å². The molecule has 1 rings (SSSR count). The predicted molar refractivity (Wildman–Crippen MR) is 70.5 cm³/mol. The summed E-state index contributed by atoms with van der Waals surface area (Å²) in [5.74, 6) is 3.07. The van der Waals surface area contributed by atoms with Crippen molar-refractivity contribution in [3.63, 3.8) is 0 Å². The van der Waals surface area contributed by atoms with Gasteiger partial charge in [0.2, 0.25) is 0 Å². The fourth-order valence-corrected chi connectivity index (χ4v) is 1.67. The fraction of sp³-hybridized carbons (Fsp3) is 0.400. The molecular formula is C15H18O3. The van der Waals surface area contributed by atoms with Gasteiger partial charge < -0.3 is 9.47 Å². The maximum Gasteiger partial charge on any atom is 0.305 e. The van der Waals surface area contributed by atoms with Gasteiger partial charge in [0, 0.05) is 6.42 Å². The Bertz CT molecular complexity index is 444. The average Bonchev–Trinajstić information content (AvgIpc) is 2.42. The highest BCUT2D eigenvalue weighted by Crippen LogP contribution is 2.21. The van der Waals surface area contributed by atoms with Crippen molar-refractivity contribution < 1.29 is 14.3 Å². The zero-order chi connectivity index (χ0) is 13.4. The first kappa shape index (κ1) is 14.1. The van der Waals surface area contributed by atoms with Crippen LogP contribution in [0.15, 0.2) is 18.2 Å². The Balaban J connectivity index is 2.72. The third-order valence-electron chi connectivity index (χ3n) is 2.66. The number of hydrogen-bond donors (Lipinski definition) is 0. The van der Waals surface area contributed by atoms with Crippen LogP contribution in [-0.4, -0.2) is 19.7 Å². The number of aryl methyl sites for hydroxylation is 2. The molecule has 0 radical (unpaired) electrons. The molecule has 3 nitrogen and oxygen atoms in total. The van der Waals surface area contributed by atoms with E-state index in [4.69, 9.17) is 11.2 Å². The normalized spacial score (nSPS) is 9.61. The SMILES string of the molecule is C#CCOc1ccc(CCC(=O)OC)cc1CC. The number of carbonyl (C=O) groups is 1. The van der Waals surface area contributed by atoms with E-state index in [1.54, 1.807) is 0 Å². The molecule has 0 aromatic heterocycles. The zero-order valence-corrected chi connectivity index (χ0v) is 10.9. The van der Waals surface area contributed by atoms with Crippen molar-refractivity contribution in [3.05, 3.63) is 29.3 Å². The minimum atomic E-state index is -0.194. The van der Waals surface area contributed by atoms with Crippen molar-refractivity contribution in [2.45, 2.75) is 26.2 Å². The summed E-state index contributed by atoms with van der Waals surface area (Å²) < 4.78 is 10.1. The number of ether oxygens (including phenoxy) is 2. The minimum Gasteiger partial charge on any atom is -0.481 e. The van der Waals surface area contributed by atoms with Crippen molar-refractivity contribution in [1.29, 1.82) is 0 Å². The molecule has 18 heavy (non-hydrogen) atoms. The van der Waals surface area contributed by atoms with Gasteiger partial charge in [-0.15, -0.1) is 6.42 Å². The number of methoxy groups -OCH3 is 1. The molecule has 0 unspecified atom stereocenters. The molecule has 1 aromatic rings. The Morgan fingerprint density at radius 3 is 2.83 bits per heavy atom. The molecular weight excluding hydrogens is 228 g/mol. The quantitative estimate of drug-likeness (QED) is 0.571. The molecule has 0 aliphatic heterocycles. The summed E-state index contributed by atoms with van der Waals surface area (Å²) in [6.45, 7) is 2.33. The average molecular weight is 246 g/mol. The van der Waals surface area contributed by atoms with E-state index < -0.39 is 0 Å². The minimum absolute atomic E-state index is 0.194. The maximum atomic E-state index is 11.1. The van der Waals surface area contributed by atoms with E-state index >= 15 is 0 Å². The van der Waals surface area contributed by atoms with Gasteiger partial charge in [-0.2, -0.15) is 0 Å². The molecule has 0 saturated carbocycles. The second kappa shape index (κ2) is 7.39. The van der Waals surface area contributed by atoms with Crippen LogP contribution in [0.2, 0.25) is 0 Å². The first-order chi connectivity index (χ1) is 8.71.